The predicted molar refractivity (Wildman–Crippen MR) is 97.0 cm³/mol. The Kier molecular flexibility index (Phi) is 10.1. The first kappa shape index (κ1) is 26.1. The van der Waals surface area contributed by atoms with Gasteiger partial charge >= 0.3 is 6.36 Å². The van der Waals surface area contributed by atoms with Crippen LogP contribution in [0.1, 0.15) is 13.3 Å². The fourth-order valence-corrected chi connectivity index (χ4v) is 2.14. The van der Waals surface area contributed by atoms with Crippen LogP contribution in [0.5, 0.6) is 0 Å². The number of carbonyl (C=O) groups is 1. The van der Waals surface area contributed by atoms with E-state index < -0.39 is 24.4 Å². The van der Waals surface area contributed by atoms with E-state index in [1.54, 1.807) is 4.90 Å². The third-order valence-corrected chi connectivity index (χ3v) is 3.52. The minimum absolute atomic E-state index is 0.0171. The summed E-state index contributed by atoms with van der Waals surface area (Å²) in [6.07, 6.45) is -4.96. The Bertz CT molecular complexity index is 820. The number of alkyl halides is 5. The summed E-state index contributed by atoms with van der Waals surface area (Å²) in [5, 5.41) is 9.21. The average molecular weight is 456 g/mol. The lowest BCUT2D eigenvalue weighted by Crippen LogP contribution is -2.44. The van der Waals surface area contributed by atoms with Gasteiger partial charge in [-0.1, -0.05) is 0 Å². The number of aromatic nitrogens is 2. The fraction of sp³-hybridized carbons (Fsp3) is 0.389. The molecule has 0 spiro atoms. The van der Waals surface area contributed by atoms with Gasteiger partial charge in [0.05, 0.1) is 6.54 Å². The first-order valence-corrected chi connectivity index (χ1v) is 8.73. The molecule has 31 heavy (non-hydrogen) atoms. The van der Waals surface area contributed by atoms with Gasteiger partial charge in [-0.2, -0.15) is 0 Å². The number of hydrogen-bond donors (Lipinski definition) is 2. The Morgan fingerprint density at radius 1 is 1.16 bits per heavy atom. The molecule has 2 aromatic rings. The molecule has 1 aromatic heterocycles. The van der Waals surface area contributed by atoms with E-state index in [1.807, 2.05) is 0 Å². The predicted octanol–water partition coefficient (Wildman–Crippen LogP) is 3.84. The van der Waals surface area contributed by atoms with Gasteiger partial charge in [0.25, 0.3) is 0 Å². The van der Waals surface area contributed by atoms with E-state index in [-0.39, 0.29) is 24.0 Å². The molecule has 172 valence electrons. The Morgan fingerprint density at radius 3 is 2.13 bits per heavy atom. The largest absolute Gasteiger partial charge is 0.519 e. The van der Waals surface area contributed by atoms with E-state index in [9.17, 15) is 35.5 Å². The van der Waals surface area contributed by atoms with Gasteiger partial charge in [0.2, 0.25) is 12.3 Å². The molecule has 0 radical (unpaired) electrons. The van der Waals surface area contributed by atoms with Crippen LogP contribution in [0.15, 0.2) is 30.6 Å². The van der Waals surface area contributed by atoms with E-state index in [0.717, 1.165) is 26.4 Å². The zero-order valence-corrected chi connectivity index (χ0v) is 16.1. The summed E-state index contributed by atoms with van der Waals surface area (Å²) < 4.78 is 77.7. The monoisotopic (exact) mass is 456 g/mol. The summed E-state index contributed by atoms with van der Waals surface area (Å²) in [6, 6.07) is 5.35. The van der Waals surface area contributed by atoms with Crippen LogP contribution in [0.2, 0.25) is 0 Å². The van der Waals surface area contributed by atoms with Crippen LogP contribution in [-0.4, -0.2) is 58.3 Å². The van der Waals surface area contributed by atoms with E-state index in [2.05, 4.69) is 15.3 Å². The summed E-state index contributed by atoms with van der Waals surface area (Å²) in [7, 11) is 0. The highest BCUT2D eigenvalue weighted by atomic mass is 19.4. The summed E-state index contributed by atoms with van der Waals surface area (Å²) >= 11 is 0. The van der Waals surface area contributed by atoms with Crippen LogP contribution in [-0.2, 0) is 4.79 Å². The molecule has 2 N–H and O–H groups in total. The quantitative estimate of drug-likeness (QED) is 0.684. The highest BCUT2D eigenvalue weighted by Gasteiger charge is 2.21. The molecule has 0 bridgehead atoms. The number of aliphatic hydroxyl groups is 1. The minimum Gasteiger partial charge on any atom is -0.358 e. The number of carbonyl (C=O) groups excluding carboxylic acids is 1. The molecule has 3 rings (SSSR count). The van der Waals surface area contributed by atoms with Crippen LogP contribution in [0.4, 0.5) is 36.6 Å². The van der Waals surface area contributed by atoms with E-state index >= 15 is 0 Å². The van der Waals surface area contributed by atoms with Crippen molar-refractivity contribution in [2.75, 3.05) is 25.0 Å². The highest BCUT2D eigenvalue weighted by molar-refractivity contribution is 5.81. The van der Waals surface area contributed by atoms with E-state index in [4.69, 9.17) is 5.11 Å². The zero-order valence-electron chi connectivity index (χ0n) is 16.1. The van der Waals surface area contributed by atoms with Gasteiger partial charge in [-0.25, -0.2) is 27.5 Å². The Balaban J connectivity index is 0.000000454. The number of nitrogens with zero attached hydrogens (tertiary/aromatic N) is 3. The second-order valence-electron chi connectivity index (χ2n) is 5.97. The molecule has 0 atom stereocenters. The van der Waals surface area contributed by atoms with Crippen molar-refractivity contribution in [3.05, 3.63) is 42.2 Å². The van der Waals surface area contributed by atoms with Gasteiger partial charge in [0.15, 0.2) is 11.6 Å². The molecular formula is C18H19F7N4O2. The summed E-state index contributed by atoms with van der Waals surface area (Å²) in [5.74, 6) is -1.20. The van der Waals surface area contributed by atoms with Crippen molar-refractivity contribution < 1.29 is 40.6 Å². The topological polar surface area (TPSA) is 78.4 Å². The molecular weight excluding hydrogens is 437 g/mol. The minimum atomic E-state index is -5.00. The van der Waals surface area contributed by atoms with Gasteiger partial charge in [0, 0.05) is 18.7 Å². The number of anilines is 1. The van der Waals surface area contributed by atoms with Crippen LogP contribution < -0.4 is 5.32 Å². The highest BCUT2D eigenvalue weighted by Crippen LogP contribution is 2.24. The molecule has 1 aliphatic heterocycles. The van der Waals surface area contributed by atoms with Crippen LogP contribution in [0.25, 0.3) is 11.3 Å². The number of likely N-dealkylation sites (tertiary alicyclic amines) is 1. The number of halogens is 7. The van der Waals surface area contributed by atoms with E-state index in [1.165, 1.54) is 30.6 Å². The molecule has 1 aromatic carbocycles. The van der Waals surface area contributed by atoms with Crippen molar-refractivity contribution in [3.63, 3.8) is 0 Å². The number of benzene rings is 1. The Morgan fingerprint density at radius 2 is 1.68 bits per heavy atom. The number of rotatable bonds is 4. The lowest BCUT2D eigenvalue weighted by Gasteiger charge is -2.30. The van der Waals surface area contributed by atoms with Gasteiger partial charge in [-0.05, 0) is 37.6 Å². The van der Waals surface area contributed by atoms with Crippen LogP contribution >= 0.6 is 0 Å². The third-order valence-electron chi connectivity index (χ3n) is 3.52. The van der Waals surface area contributed by atoms with Crippen LogP contribution in [0, 0.1) is 11.6 Å². The maximum Gasteiger partial charge on any atom is 0.519 e. The Labute approximate surface area is 172 Å². The smallest absolute Gasteiger partial charge is 0.358 e. The van der Waals surface area contributed by atoms with Gasteiger partial charge < -0.3 is 15.3 Å². The number of amides is 1. The zero-order chi connectivity index (χ0) is 23.6. The fourth-order valence-electron chi connectivity index (χ4n) is 2.14. The molecule has 0 unspecified atom stereocenters. The number of nitrogens with one attached hydrogen (secondary N) is 1. The first-order chi connectivity index (χ1) is 14.4. The molecule has 1 aliphatic rings. The standard InChI is InChI=1S/C15H14F2N4O.C2H4F2.CHF3O/c16-11-4-2-10(3-5-11)14-13(17)15(20-9-19-14)18-8-12(22)21-6-1-7-21;1-2(3)4;2-1(3,4)5/h2-5,9H,1,6-8H2,(H,18,19,20);2H,1H3;5H. The second kappa shape index (κ2) is 12.0. The molecule has 1 saturated heterocycles. The summed E-state index contributed by atoms with van der Waals surface area (Å²) in [4.78, 5) is 21.1. The summed E-state index contributed by atoms with van der Waals surface area (Å²) in [5.41, 5.74) is 0.507. The van der Waals surface area contributed by atoms with Crippen molar-refractivity contribution in [1.29, 1.82) is 0 Å². The third kappa shape index (κ3) is 10.6. The van der Waals surface area contributed by atoms with Crippen molar-refractivity contribution in [2.45, 2.75) is 26.1 Å². The molecule has 0 aliphatic carbocycles. The first-order valence-electron chi connectivity index (χ1n) is 8.73. The maximum absolute atomic E-state index is 14.4. The molecule has 2 heterocycles. The van der Waals surface area contributed by atoms with Crippen LogP contribution in [0.3, 0.4) is 0 Å². The molecule has 13 heteroatoms. The van der Waals surface area contributed by atoms with Crippen molar-refractivity contribution >= 4 is 11.7 Å². The molecule has 1 fully saturated rings. The average Bonchev–Trinajstić information content (AvgIpc) is 2.58. The van der Waals surface area contributed by atoms with Crippen molar-refractivity contribution in [2.24, 2.45) is 0 Å². The SMILES string of the molecule is CC(F)F.O=C(CNc1ncnc(-c2ccc(F)cc2)c1F)N1CCC1.OC(F)(F)F. The van der Waals surface area contributed by atoms with Gasteiger partial charge in [-0.15, -0.1) is 13.2 Å². The lowest BCUT2D eigenvalue weighted by molar-refractivity contribution is -0.295. The van der Waals surface area contributed by atoms with Gasteiger partial charge in [-0.3, -0.25) is 4.79 Å². The van der Waals surface area contributed by atoms with Gasteiger partial charge in [0.1, 0.15) is 17.8 Å². The summed E-state index contributed by atoms with van der Waals surface area (Å²) in [6.45, 7) is 2.30. The number of hydrogen-bond acceptors (Lipinski definition) is 5. The van der Waals surface area contributed by atoms with Crippen molar-refractivity contribution in [3.8, 4) is 11.3 Å². The Hall–Kier alpha value is -2.96. The molecule has 0 saturated carbocycles. The second-order valence-corrected chi connectivity index (χ2v) is 5.97. The lowest BCUT2D eigenvalue weighted by atomic mass is 10.1. The maximum atomic E-state index is 14.4. The van der Waals surface area contributed by atoms with Crippen molar-refractivity contribution in [1.82, 2.24) is 14.9 Å². The normalized spacial score (nSPS) is 12.8. The van der Waals surface area contributed by atoms with E-state index in [0.29, 0.717) is 5.56 Å². The molecule has 1 amide bonds. The molecule has 6 nitrogen and oxygen atoms in total.